The first kappa shape index (κ1) is 16.3. The first-order valence-electron chi connectivity index (χ1n) is 5.81. The minimum absolute atomic E-state index is 0.0793. The molecule has 0 aliphatic rings. The number of hydrogen-bond donors (Lipinski definition) is 1. The first-order valence-corrected chi connectivity index (χ1v) is 7.40. The number of halogens is 6. The molecule has 0 radical (unpaired) electrons. The van der Waals surface area contributed by atoms with Crippen LogP contribution in [-0.2, 0) is 12.7 Å². The lowest BCUT2D eigenvalue weighted by atomic mass is 10.1. The molecule has 0 saturated heterocycles. The molecule has 21 heavy (non-hydrogen) atoms. The van der Waals surface area contributed by atoms with Crippen molar-refractivity contribution >= 4 is 37.5 Å². The van der Waals surface area contributed by atoms with E-state index in [9.17, 15) is 17.6 Å². The van der Waals surface area contributed by atoms with Gasteiger partial charge in [-0.2, -0.15) is 13.2 Å². The number of hydrogen-bond acceptors (Lipinski definition) is 1. The van der Waals surface area contributed by atoms with Gasteiger partial charge in [-0.3, -0.25) is 0 Å². The van der Waals surface area contributed by atoms with Gasteiger partial charge in [0.2, 0.25) is 0 Å². The average molecular weight is 427 g/mol. The molecule has 1 N–H and O–H groups in total. The highest BCUT2D eigenvalue weighted by molar-refractivity contribution is 9.11. The van der Waals surface area contributed by atoms with Gasteiger partial charge in [-0.25, -0.2) is 4.39 Å². The van der Waals surface area contributed by atoms with Gasteiger partial charge in [-0.15, -0.1) is 0 Å². The van der Waals surface area contributed by atoms with E-state index in [4.69, 9.17) is 0 Å². The molecule has 0 aromatic heterocycles. The van der Waals surface area contributed by atoms with Gasteiger partial charge < -0.3 is 5.32 Å². The van der Waals surface area contributed by atoms with Gasteiger partial charge >= 0.3 is 6.18 Å². The fraction of sp³-hybridized carbons (Fsp3) is 0.143. The Bertz CT molecular complexity index is 656. The van der Waals surface area contributed by atoms with Gasteiger partial charge in [-0.1, -0.05) is 15.9 Å². The maximum absolute atomic E-state index is 13.3. The molecule has 0 atom stereocenters. The Kier molecular flexibility index (Phi) is 4.93. The highest BCUT2D eigenvalue weighted by Gasteiger charge is 2.31. The van der Waals surface area contributed by atoms with E-state index in [-0.39, 0.29) is 12.1 Å². The maximum Gasteiger partial charge on any atom is 0.416 e. The molecular weight excluding hydrogens is 418 g/mol. The maximum atomic E-state index is 13.3. The Morgan fingerprint density at radius 3 is 2.38 bits per heavy atom. The van der Waals surface area contributed by atoms with Crippen molar-refractivity contribution in [1.82, 2.24) is 0 Å². The minimum atomic E-state index is -4.56. The van der Waals surface area contributed by atoms with Crippen LogP contribution in [0.5, 0.6) is 0 Å². The second-order valence-corrected chi connectivity index (χ2v) is 6.09. The average Bonchev–Trinajstić information content (AvgIpc) is 2.38. The number of benzene rings is 2. The second-order valence-electron chi connectivity index (χ2n) is 4.32. The van der Waals surface area contributed by atoms with Crippen molar-refractivity contribution in [2.45, 2.75) is 12.7 Å². The van der Waals surface area contributed by atoms with Gasteiger partial charge in [0.15, 0.2) is 0 Å². The zero-order valence-electron chi connectivity index (χ0n) is 10.4. The fourth-order valence-corrected chi connectivity index (χ4v) is 2.49. The van der Waals surface area contributed by atoms with Crippen LogP contribution in [0.1, 0.15) is 11.1 Å². The molecule has 1 nitrogen and oxygen atoms in total. The summed E-state index contributed by atoms with van der Waals surface area (Å²) in [7, 11) is 0. The van der Waals surface area contributed by atoms with Crippen molar-refractivity contribution in [2.75, 3.05) is 5.32 Å². The summed E-state index contributed by atoms with van der Waals surface area (Å²) in [6.07, 6.45) is -4.56. The van der Waals surface area contributed by atoms with Crippen LogP contribution in [0.3, 0.4) is 0 Å². The Morgan fingerprint density at radius 2 is 1.71 bits per heavy atom. The summed E-state index contributed by atoms with van der Waals surface area (Å²) in [4.78, 5) is 0. The SMILES string of the molecule is Fc1cc(CNc2cc(Br)ccc2Br)cc(C(F)(F)F)c1. The Labute approximate surface area is 135 Å². The number of rotatable bonds is 3. The third kappa shape index (κ3) is 4.44. The van der Waals surface area contributed by atoms with Gasteiger partial charge in [0.05, 0.1) is 5.56 Å². The number of alkyl halides is 3. The third-order valence-corrected chi connectivity index (χ3v) is 3.88. The van der Waals surface area contributed by atoms with Gasteiger partial charge in [0, 0.05) is 21.2 Å². The lowest BCUT2D eigenvalue weighted by molar-refractivity contribution is -0.137. The normalized spacial score (nSPS) is 11.5. The molecule has 0 heterocycles. The lowest BCUT2D eigenvalue weighted by Crippen LogP contribution is -2.08. The van der Waals surface area contributed by atoms with Gasteiger partial charge in [-0.05, 0) is 57.9 Å². The molecular formula is C14H9Br2F4N. The van der Waals surface area contributed by atoms with Crippen molar-refractivity contribution in [1.29, 1.82) is 0 Å². The zero-order chi connectivity index (χ0) is 15.6. The Morgan fingerprint density at radius 1 is 1.00 bits per heavy atom. The quantitative estimate of drug-likeness (QED) is 0.595. The summed E-state index contributed by atoms with van der Waals surface area (Å²) < 4.78 is 52.7. The molecule has 0 aliphatic heterocycles. The van der Waals surface area contributed by atoms with Gasteiger partial charge in [0.1, 0.15) is 5.82 Å². The zero-order valence-corrected chi connectivity index (χ0v) is 13.6. The van der Waals surface area contributed by atoms with E-state index < -0.39 is 17.6 Å². The van der Waals surface area contributed by atoms with Crippen LogP contribution in [-0.4, -0.2) is 0 Å². The first-order chi connectivity index (χ1) is 9.75. The van der Waals surface area contributed by atoms with Crippen molar-refractivity contribution in [3.8, 4) is 0 Å². The molecule has 0 unspecified atom stereocenters. The third-order valence-electron chi connectivity index (χ3n) is 2.70. The predicted octanol–water partition coefficient (Wildman–Crippen LogP) is 5.98. The van der Waals surface area contributed by atoms with Crippen LogP contribution in [0.2, 0.25) is 0 Å². The molecule has 2 aromatic carbocycles. The van der Waals surface area contributed by atoms with Crippen molar-refractivity contribution in [3.63, 3.8) is 0 Å². The molecule has 0 amide bonds. The van der Waals surface area contributed by atoms with Crippen LogP contribution in [0.25, 0.3) is 0 Å². The Hall–Kier alpha value is -1.08. The second kappa shape index (κ2) is 6.36. The van der Waals surface area contributed by atoms with Crippen LogP contribution in [0.15, 0.2) is 45.3 Å². The predicted molar refractivity (Wildman–Crippen MR) is 80.6 cm³/mol. The van der Waals surface area contributed by atoms with Crippen LogP contribution >= 0.6 is 31.9 Å². The largest absolute Gasteiger partial charge is 0.416 e. The van der Waals surface area contributed by atoms with E-state index in [1.165, 1.54) is 0 Å². The molecule has 2 aromatic rings. The summed E-state index contributed by atoms with van der Waals surface area (Å²) >= 11 is 6.63. The van der Waals surface area contributed by atoms with Gasteiger partial charge in [0.25, 0.3) is 0 Å². The summed E-state index contributed by atoms with van der Waals surface area (Å²) in [5, 5.41) is 2.97. The fourth-order valence-electron chi connectivity index (χ4n) is 1.75. The number of nitrogens with one attached hydrogen (secondary N) is 1. The lowest BCUT2D eigenvalue weighted by Gasteiger charge is -2.12. The molecule has 0 bridgehead atoms. The molecule has 112 valence electrons. The molecule has 0 fully saturated rings. The van der Waals surface area contributed by atoms with E-state index in [0.29, 0.717) is 11.8 Å². The van der Waals surface area contributed by atoms with E-state index in [2.05, 4.69) is 37.2 Å². The monoisotopic (exact) mass is 425 g/mol. The number of anilines is 1. The summed E-state index contributed by atoms with van der Waals surface area (Å²) in [6.45, 7) is 0.0793. The summed E-state index contributed by atoms with van der Waals surface area (Å²) in [6, 6.07) is 7.88. The van der Waals surface area contributed by atoms with Crippen LogP contribution in [0.4, 0.5) is 23.2 Å². The smallest absolute Gasteiger partial charge is 0.380 e. The molecule has 0 aliphatic carbocycles. The van der Waals surface area contributed by atoms with Crippen molar-refractivity contribution in [3.05, 3.63) is 62.3 Å². The molecule has 7 heteroatoms. The summed E-state index contributed by atoms with van der Waals surface area (Å²) in [5.74, 6) is -0.907. The van der Waals surface area contributed by atoms with Crippen LogP contribution in [0, 0.1) is 5.82 Å². The molecule has 2 rings (SSSR count). The van der Waals surface area contributed by atoms with Crippen molar-refractivity contribution < 1.29 is 17.6 Å². The van der Waals surface area contributed by atoms with E-state index in [0.717, 1.165) is 21.1 Å². The Balaban J connectivity index is 2.20. The van der Waals surface area contributed by atoms with E-state index in [1.54, 1.807) is 12.1 Å². The highest BCUT2D eigenvalue weighted by atomic mass is 79.9. The molecule has 0 spiro atoms. The minimum Gasteiger partial charge on any atom is -0.380 e. The van der Waals surface area contributed by atoms with Crippen LogP contribution < -0.4 is 5.32 Å². The summed E-state index contributed by atoms with van der Waals surface area (Å²) in [5.41, 5.74) is -0.0796. The topological polar surface area (TPSA) is 12.0 Å². The van der Waals surface area contributed by atoms with Crippen molar-refractivity contribution in [2.24, 2.45) is 0 Å². The van der Waals surface area contributed by atoms with E-state index >= 15 is 0 Å². The molecule has 0 saturated carbocycles. The van der Waals surface area contributed by atoms with E-state index in [1.807, 2.05) is 6.07 Å². The standard InChI is InChI=1S/C14H9Br2F4N/c15-10-1-2-12(16)13(6-10)21-7-8-3-9(14(18,19)20)5-11(17)4-8/h1-6,21H,7H2. The highest BCUT2D eigenvalue weighted by Crippen LogP contribution is 2.31.